The van der Waals surface area contributed by atoms with Gasteiger partial charge in [-0.1, -0.05) is 25.5 Å². The Bertz CT molecular complexity index is 172. The number of allylic oxidation sites excluding steroid dienone is 2. The summed E-state index contributed by atoms with van der Waals surface area (Å²) >= 11 is 0. The predicted octanol–water partition coefficient (Wildman–Crippen LogP) is 1.71. The first-order valence-electron chi connectivity index (χ1n) is 3.92. The van der Waals surface area contributed by atoms with E-state index in [0.29, 0.717) is 0 Å². The zero-order valence-corrected chi connectivity index (χ0v) is 7.72. The van der Waals surface area contributed by atoms with Crippen LogP contribution in [0.1, 0.15) is 27.7 Å². The number of primary amides is 1. The van der Waals surface area contributed by atoms with Crippen LogP contribution in [0.2, 0.25) is 0 Å². The van der Waals surface area contributed by atoms with Gasteiger partial charge >= 0.3 is 0 Å². The molecule has 2 unspecified atom stereocenters. The Morgan fingerprint density at radius 1 is 1.36 bits per heavy atom. The summed E-state index contributed by atoms with van der Waals surface area (Å²) in [5.41, 5.74) is 6.38. The van der Waals surface area contributed by atoms with Gasteiger partial charge < -0.3 is 5.73 Å². The number of carbonyl (C=O) groups excluding carboxylic acids is 1. The van der Waals surface area contributed by atoms with Crippen LogP contribution in [-0.2, 0) is 4.79 Å². The second-order valence-electron chi connectivity index (χ2n) is 3.01. The lowest BCUT2D eigenvalue weighted by Gasteiger charge is -2.16. The molecule has 11 heavy (non-hydrogen) atoms. The highest BCUT2D eigenvalue weighted by Crippen LogP contribution is 2.18. The zero-order chi connectivity index (χ0) is 9.02. The molecule has 2 N–H and O–H groups in total. The highest BCUT2D eigenvalue weighted by atomic mass is 16.1. The molecule has 0 radical (unpaired) electrons. The lowest BCUT2D eigenvalue weighted by molar-refractivity contribution is -0.122. The first kappa shape index (κ1) is 10.2. The van der Waals surface area contributed by atoms with Gasteiger partial charge in [-0.2, -0.15) is 0 Å². The molecule has 0 aliphatic carbocycles. The van der Waals surface area contributed by atoms with Crippen LogP contribution >= 0.6 is 0 Å². The average molecular weight is 155 g/mol. The molecule has 0 spiro atoms. The molecule has 1 amide bonds. The van der Waals surface area contributed by atoms with Gasteiger partial charge in [0.1, 0.15) is 0 Å². The van der Waals surface area contributed by atoms with Gasteiger partial charge in [-0.3, -0.25) is 4.79 Å². The molecule has 0 saturated carbocycles. The van der Waals surface area contributed by atoms with Crippen molar-refractivity contribution in [3.05, 3.63) is 11.6 Å². The molecule has 2 nitrogen and oxygen atoms in total. The fourth-order valence-electron chi connectivity index (χ4n) is 0.904. The van der Waals surface area contributed by atoms with Crippen molar-refractivity contribution in [3.8, 4) is 0 Å². The molecular formula is C9H17NO. The molecule has 2 heteroatoms. The Labute approximate surface area is 68.5 Å². The molecule has 0 aromatic heterocycles. The Kier molecular flexibility index (Phi) is 3.86. The van der Waals surface area contributed by atoms with Crippen molar-refractivity contribution in [1.82, 2.24) is 0 Å². The van der Waals surface area contributed by atoms with Crippen molar-refractivity contribution in [1.29, 1.82) is 0 Å². The van der Waals surface area contributed by atoms with E-state index in [9.17, 15) is 4.79 Å². The minimum Gasteiger partial charge on any atom is -0.369 e. The maximum Gasteiger partial charge on any atom is 0.220 e. The molecular weight excluding hydrogens is 138 g/mol. The maximum absolute atomic E-state index is 10.8. The number of rotatable bonds is 3. The molecule has 0 aromatic carbocycles. The van der Waals surface area contributed by atoms with Gasteiger partial charge in [0.05, 0.1) is 0 Å². The molecule has 0 bridgehead atoms. The molecule has 0 aliphatic rings. The maximum atomic E-state index is 10.8. The van der Waals surface area contributed by atoms with Gasteiger partial charge in [-0.05, 0) is 19.8 Å². The van der Waals surface area contributed by atoms with Crippen molar-refractivity contribution in [2.24, 2.45) is 17.6 Å². The summed E-state index contributed by atoms with van der Waals surface area (Å²) in [6.07, 6.45) is 2.02. The molecule has 0 saturated heterocycles. The molecule has 0 aromatic rings. The van der Waals surface area contributed by atoms with E-state index in [2.05, 4.69) is 0 Å². The third kappa shape index (κ3) is 2.74. The first-order valence-corrected chi connectivity index (χ1v) is 3.92. The summed E-state index contributed by atoms with van der Waals surface area (Å²) < 4.78 is 0. The second kappa shape index (κ2) is 4.16. The van der Waals surface area contributed by atoms with E-state index in [1.165, 1.54) is 5.57 Å². The summed E-state index contributed by atoms with van der Waals surface area (Å²) in [5.74, 6) is -0.0256. The highest BCUT2D eigenvalue weighted by Gasteiger charge is 2.17. The van der Waals surface area contributed by atoms with Crippen LogP contribution in [0.4, 0.5) is 0 Å². The lowest BCUT2D eigenvalue weighted by Crippen LogP contribution is -2.26. The molecule has 64 valence electrons. The summed E-state index contributed by atoms with van der Waals surface area (Å²) in [6, 6.07) is 0. The van der Waals surface area contributed by atoms with Gasteiger partial charge in [0.15, 0.2) is 0 Å². The van der Waals surface area contributed by atoms with Crippen molar-refractivity contribution in [2.45, 2.75) is 27.7 Å². The highest BCUT2D eigenvalue weighted by molar-refractivity contribution is 5.76. The van der Waals surface area contributed by atoms with Gasteiger partial charge in [0, 0.05) is 5.92 Å². The monoisotopic (exact) mass is 155 g/mol. The summed E-state index contributed by atoms with van der Waals surface area (Å²) in [7, 11) is 0. The smallest absolute Gasteiger partial charge is 0.220 e. The van der Waals surface area contributed by atoms with Crippen LogP contribution < -0.4 is 5.73 Å². The molecule has 0 fully saturated rings. The lowest BCUT2D eigenvalue weighted by atomic mass is 9.89. The van der Waals surface area contributed by atoms with Crippen LogP contribution in [0.3, 0.4) is 0 Å². The van der Waals surface area contributed by atoms with Gasteiger partial charge in [0.25, 0.3) is 0 Å². The first-order chi connectivity index (χ1) is 5.00. The standard InChI is InChI=1S/C9H17NO/c1-5-6(2)7(3)8(4)9(10)11/h5,7-8H,1-4H3,(H2,10,11)/b6-5-. The van der Waals surface area contributed by atoms with Crippen LogP contribution in [0, 0.1) is 11.8 Å². The number of amides is 1. The fraction of sp³-hybridized carbons (Fsp3) is 0.667. The van der Waals surface area contributed by atoms with Crippen molar-refractivity contribution in [2.75, 3.05) is 0 Å². The minimum atomic E-state index is -0.223. The van der Waals surface area contributed by atoms with E-state index in [1.54, 1.807) is 0 Å². The number of hydrogen-bond donors (Lipinski definition) is 1. The predicted molar refractivity (Wildman–Crippen MR) is 47.0 cm³/mol. The van der Waals surface area contributed by atoms with E-state index >= 15 is 0 Å². The SMILES string of the molecule is C/C=C(/C)C(C)C(C)C(N)=O. The molecule has 0 heterocycles. The summed E-state index contributed by atoms with van der Waals surface area (Å²) in [5, 5.41) is 0. The van der Waals surface area contributed by atoms with Crippen LogP contribution in [0.25, 0.3) is 0 Å². The molecule has 0 aliphatic heterocycles. The van der Waals surface area contributed by atoms with Crippen molar-refractivity contribution in [3.63, 3.8) is 0 Å². The van der Waals surface area contributed by atoms with E-state index < -0.39 is 0 Å². The quantitative estimate of drug-likeness (QED) is 0.619. The molecule has 0 rings (SSSR count). The Morgan fingerprint density at radius 3 is 2.09 bits per heavy atom. The third-order valence-corrected chi connectivity index (χ3v) is 2.37. The largest absolute Gasteiger partial charge is 0.369 e. The van der Waals surface area contributed by atoms with E-state index in [-0.39, 0.29) is 17.7 Å². The summed E-state index contributed by atoms with van der Waals surface area (Å²) in [4.78, 5) is 10.8. The van der Waals surface area contributed by atoms with Gasteiger partial charge in [0.2, 0.25) is 5.91 Å². The number of carbonyl (C=O) groups is 1. The van der Waals surface area contributed by atoms with Gasteiger partial charge in [-0.15, -0.1) is 0 Å². The normalized spacial score (nSPS) is 17.6. The second-order valence-corrected chi connectivity index (χ2v) is 3.01. The van der Waals surface area contributed by atoms with Crippen LogP contribution in [0.15, 0.2) is 11.6 Å². The topological polar surface area (TPSA) is 43.1 Å². The van der Waals surface area contributed by atoms with Crippen molar-refractivity contribution < 1.29 is 4.79 Å². The Hall–Kier alpha value is -0.790. The Morgan fingerprint density at radius 2 is 1.82 bits per heavy atom. The minimum absolute atomic E-state index is 0.0637. The van der Waals surface area contributed by atoms with Crippen LogP contribution in [0.5, 0.6) is 0 Å². The van der Waals surface area contributed by atoms with E-state index in [4.69, 9.17) is 5.73 Å². The average Bonchev–Trinajstić information content (AvgIpc) is 2.00. The fourth-order valence-corrected chi connectivity index (χ4v) is 0.904. The molecule has 2 atom stereocenters. The number of hydrogen-bond acceptors (Lipinski definition) is 1. The van der Waals surface area contributed by atoms with E-state index in [0.717, 1.165) is 0 Å². The Balaban J connectivity index is 4.24. The van der Waals surface area contributed by atoms with Crippen molar-refractivity contribution >= 4 is 5.91 Å². The number of nitrogens with two attached hydrogens (primary N) is 1. The third-order valence-electron chi connectivity index (χ3n) is 2.37. The van der Waals surface area contributed by atoms with Gasteiger partial charge in [-0.25, -0.2) is 0 Å². The van der Waals surface area contributed by atoms with E-state index in [1.807, 2.05) is 33.8 Å². The zero-order valence-electron chi connectivity index (χ0n) is 7.72. The van der Waals surface area contributed by atoms with Crippen LogP contribution in [-0.4, -0.2) is 5.91 Å². The summed E-state index contributed by atoms with van der Waals surface area (Å²) in [6.45, 7) is 7.87.